The maximum Gasteiger partial charge on any atom is 0.0618 e. The lowest BCUT2D eigenvalue weighted by Crippen LogP contribution is -2.12. The van der Waals surface area contributed by atoms with Gasteiger partial charge in [-0.2, -0.15) is 0 Å². The summed E-state index contributed by atoms with van der Waals surface area (Å²) in [6.45, 7) is 0.978. The number of nitrogens with zero attached hydrogens (tertiary/aromatic N) is 1. The standard InChI is InChI=1S/C17H20N2S/c1-19(2)11-13-6-5-7-14(10-13)18-16-12-20-17-9-4-3-8-15(16)17/h3-10,16,18H,11-12H2,1-2H3. The van der Waals surface area contributed by atoms with Gasteiger partial charge in [-0.25, -0.2) is 0 Å². The predicted octanol–water partition coefficient (Wildman–Crippen LogP) is 4.01. The van der Waals surface area contributed by atoms with Gasteiger partial charge in [-0.05, 0) is 43.4 Å². The van der Waals surface area contributed by atoms with Crippen LogP contribution in [0, 0.1) is 0 Å². The van der Waals surface area contributed by atoms with Crippen molar-refractivity contribution >= 4 is 17.4 Å². The summed E-state index contributed by atoms with van der Waals surface area (Å²) in [4.78, 5) is 3.61. The molecule has 0 saturated carbocycles. The molecule has 1 aliphatic heterocycles. The molecule has 2 nitrogen and oxygen atoms in total. The second-order valence-electron chi connectivity index (χ2n) is 5.48. The summed E-state index contributed by atoms with van der Waals surface area (Å²) in [6, 6.07) is 17.8. The van der Waals surface area contributed by atoms with Gasteiger partial charge >= 0.3 is 0 Å². The molecule has 1 heterocycles. The highest BCUT2D eigenvalue weighted by molar-refractivity contribution is 7.99. The van der Waals surface area contributed by atoms with Crippen molar-refractivity contribution in [1.82, 2.24) is 4.90 Å². The third-order valence-corrected chi connectivity index (χ3v) is 4.65. The second kappa shape index (κ2) is 5.90. The van der Waals surface area contributed by atoms with Crippen molar-refractivity contribution in [3.8, 4) is 0 Å². The number of hydrogen-bond donors (Lipinski definition) is 1. The summed E-state index contributed by atoms with van der Waals surface area (Å²) in [7, 11) is 4.20. The van der Waals surface area contributed by atoms with Crippen molar-refractivity contribution in [2.75, 3.05) is 25.2 Å². The van der Waals surface area contributed by atoms with Gasteiger partial charge in [0.1, 0.15) is 0 Å². The Morgan fingerprint density at radius 2 is 2.00 bits per heavy atom. The van der Waals surface area contributed by atoms with Gasteiger partial charge in [0.15, 0.2) is 0 Å². The van der Waals surface area contributed by atoms with E-state index in [0.717, 1.165) is 12.3 Å². The number of nitrogens with one attached hydrogen (secondary N) is 1. The van der Waals surface area contributed by atoms with Gasteiger partial charge in [0.25, 0.3) is 0 Å². The molecule has 0 bridgehead atoms. The molecule has 2 aromatic carbocycles. The van der Waals surface area contributed by atoms with Crippen LogP contribution in [0.1, 0.15) is 17.2 Å². The zero-order valence-electron chi connectivity index (χ0n) is 12.0. The van der Waals surface area contributed by atoms with Crippen LogP contribution in [-0.2, 0) is 6.54 Å². The van der Waals surface area contributed by atoms with Crippen molar-refractivity contribution < 1.29 is 0 Å². The summed E-state index contributed by atoms with van der Waals surface area (Å²) >= 11 is 1.94. The fraction of sp³-hybridized carbons (Fsp3) is 0.294. The van der Waals surface area contributed by atoms with Crippen molar-refractivity contribution in [1.29, 1.82) is 0 Å². The highest BCUT2D eigenvalue weighted by Crippen LogP contribution is 2.39. The smallest absolute Gasteiger partial charge is 0.0618 e. The predicted molar refractivity (Wildman–Crippen MR) is 87.4 cm³/mol. The first kappa shape index (κ1) is 13.5. The molecule has 0 aromatic heterocycles. The van der Waals surface area contributed by atoms with E-state index in [1.54, 1.807) is 0 Å². The fourth-order valence-corrected chi connectivity index (χ4v) is 3.77. The molecule has 1 aliphatic rings. The van der Waals surface area contributed by atoms with E-state index < -0.39 is 0 Å². The third-order valence-electron chi connectivity index (χ3n) is 3.47. The van der Waals surface area contributed by atoms with Crippen molar-refractivity contribution in [3.05, 3.63) is 59.7 Å². The van der Waals surface area contributed by atoms with E-state index in [1.807, 2.05) is 11.8 Å². The normalized spacial score (nSPS) is 17.2. The summed E-state index contributed by atoms with van der Waals surface area (Å²) in [5, 5.41) is 3.67. The monoisotopic (exact) mass is 284 g/mol. The Labute approximate surface area is 125 Å². The Morgan fingerprint density at radius 1 is 1.15 bits per heavy atom. The van der Waals surface area contributed by atoms with Gasteiger partial charge in [0.2, 0.25) is 0 Å². The second-order valence-corrected chi connectivity index (χ2v) is 6.55. The Balaban J connectivity index is 1.76. The van der Waals surface area contributed by atoms with Crippen LogP contribution < -0.4 is 5.32 Å². The molecule has 2 aromatic rings. The van der Waals surface area contributed by atoms with E-state index in [9.17, 15) is 0 Å². The van der Waals surface area contributed by atoms with E-state index in [2.05, 4.69) is 72.8 Å². The maximum atomic E-state index is 3.67. The maximum absolute atomic E-state index is 3.67. The van der Waals surface area contributed by atoms with Crippen LogP contribution in [0.3, 0.4) is 0 Å². The first-order valence-electron chi connectivity index (χ1n) is 6.94. The van der Waals surface area contributed by atoms with Crippen LogP contribution in [0.2, 0.25) is 0 Å². The lowest BCUT2D eigenvalue weighted by Gasteiger charge is -2.16. The number of fused-ring (bicyclic) bond motifs is 1. The Kier molecular flexibility index (Phi) is 3.99. The van der Waals surface area contributed by atoms with Gasteiger partial charge in [0, 0.05) is 22.9 Å². The van der Waals surface area contributed by atoms with Crippen LogP contribution >= 0.6 is 11.8 Å². The average Bonchev–Trinajstić information content (AvgIpc) is 2.82. The zero-order chi connectivity index (χ0) is 13.9. The van der Waals surface area contributed by atoms with Crippen LogP contribution in [0.5, 0.6) is 0 Å². The van der Waals surface area contributed by atoms with Crippen LogP contribution in [0.25, 0.3) is 0 Å². The molecule has 3 rings (SSSR count). The summed E-state index contributed by atoms with van der Waals surface area (Å²) in [5.74, 6) is 1.11. The van der Waals surface area contributed by atoms with E-state index in [4.69, 9.17) is 0 Å². The van der Waals surface area contributed by atoms with Crippen LogP contribution in [-0.4, -0.2) is 24.7 Å². The SMILES string of the molecule is CN(C)Cc1cccc(NC2CSc3ccccc32)c1. The first-order valence-corrected chi connectivity index (χ1v) is 7.93. The van der Waals surface area contributed by atoms with Crippen LogP contribution in [0.15, 0.2) is 53.4 Å². The van der Waals surface area contributed by atoms with Crippen molar-refractivity contribution in [3.63, 3.8) is 0 Å². The minimum absolute atomic E-state index is 0.422. The number of anilines is 1. The molecule has 20 heavy (non-hydrogen) atoms. The molecule has 1 N–H and O–H groups in total. The van der Waals surface area contributed by atoms with Gasteiger partial charge in [-0.15, -0.1) is 11.8 Å². The van der Waals surface area contributed by atoms with Crippen LogP contribution in [0.4, 0.5) is 5.69 Å². The molecule has 104 valence electrons. The zero-order valence-corrected chi connectivity index (χ0v) is 12.8. The molecule has 0 aliphatic carbocycles. The summed E-state index contributed by atoms with van der Waals surface area (Å²) in [5.41, 5.74) is 3.99. The Bertz CT molecular complexity index is 595. The lowest BCUT2D eigenvalue weighted by atomic mass is 10.1. The van der Waals surface area contributed by atoms with E-state index in [1.165, 1.54) is 21.7 Å². The topological polar surface area (TPSA) is 15.3 Å². The number of thioether (sulfide) groups is 1. The van der Waals surface area contributed by atoms with E-state index >= 15 is 0 Å². The first-order chi connectivity index (χ1) is 9.72. The lowest BCUT2D eigenvalue weighted by molar-refractivity contribution is 0.402. The minimum atomic E-state index is 0.422. The molecule has 1 unspecified atom stereocenters. The minimum Gasteiger partial charge on any atom is -0.377 e. The highest BCUT2D eigenvalue weighted by Gasteiger charge is 2.22. The van der Waals surface area contributed by atoms with Gasteiger partial charge in [0.05, 0.1) is 6.04 Å². The highest BCUT2D eigenvalue weighted by atomic mass is 32.2. The number of hydrogen-bond acceptors (Lipinski definition) is 3. The molecule has 3 heteroatoms. The number of rotatable bonds is 4. The molecule has 0 amide bonds. The molecule has 0 spiro atoms. The number of benzene rings is 2. The van der Waals surface area contributed by atoms with Gasteiger partial charge < -0.3 is 10.2 Å². The third kappa shape index (κ3) is 3.00. The average molecular weight is 284 g/mol. The quantitative estimate of drug-likeness (QED) is 0.913. The Morgan fingerprint density at radius 3 is 2.85 bits per heavy atom. The van der Waals surface area contributed by atoms with E-state index in [0.29, 0.717) is 6.04 Å². The molecular formula is C17H20N2S. The fourth-order valence-electron chi connectivity index (χ4n) is 2.61. The van der Waals surface area contributed by atoms with Gasteiger partial charge in [-0.1, -0.05) is 30.3 Å². The molecular weight excluding hydrogens is 264 g/mol. The molecule has 0 saturated heterocycles. The molecule has 1 atom stereocenters. The van der Waals surface area contributed by atoms with Crippen molar-refractivity contribution in [2.24, 2.45) is 0 Å². The van der Waals surface area contributed by atoms with E-state index in [-0.39, 0.29) is 0 Å². The summed E-state index contributed by atoms with van der Waals surface area (Å²) < 4.78 is 0. The summed E-state index contributed by atoms with van der Waals surface area (Å²) in [6.07, 6.45) is 0. The Hall–Kier alpha value is -1.45. The molecule has 0 fully saturated rings. The van der Waals surface area contributed by atoms with Crippen molar-refractivity contribution in [2.45, 2.75) is 17.5 Å². The molecule has 0 radical (unpaired) electrons. The van der Waals surface area contributed by atoms with Gasteiger partial charge in [-0.3, -0.25) is 0 Å². The largest absolute Gasteiger partial charge is 0.377 e.